The molecule has 0 aliphatic heterocycles. The molecule has 0 saturated heterocycles. The summed E-state index contributed by atoms with van der Waals surface area (Å²) in [5, 5.41) is 6.12. The number of guanidine groups is 1. The van der Waals surface area contributed by atoms with E-state index in [0.29, 0.717) is 24.6 Å². The van der Waals surface area contributed by atoms with Crippen LogP contribution in [-0.2, 0) is 13.1 Å². The maximum absolute atomic E-state index is 13.7. The molecule has 2 N–H and O–H groups in total. The molecular formula is C19H21F4N3O2. The number of benzene rings is 2. The van der Waals surface area contributed by atoms with E-state index < -0.39 is 18.6 Å². The van der Waals surface area contributed by atoms with Gasteiger partial charge in [-0.25, -0.2) is 4.39 Å². The molecule has 0 atom stereocenters. The normalized spacial score (nSPS) is 11.9. The summed E-state index contributed by atoms with van der Waals surface area (Å²) in [6, 6.07) is 10.9. The number of nitrogens with zero attached hydrogens (tertiary/aromatic N) is 1. The molecule has 5 nitrogen and oxygen atoms in total. The van der Waals surface area contributed by atoms with E-state index in [-0.39, 0.29) is 11.5 Å². The largest absolute Gasteiger partial charge is 0.494 e. The van der Waals surface area contributed by atoms with Gasteiger partial charge in [-0.3, -0.25) is 4.99 Å². The first-order valence-electron chi connectivity index (χ1n) is 8.36. The van der Waals surface area contributed by atoms with Crippen molar-refractivity contribution in [1.29, 1.82) is 0 Å². The lowest BCUT2D eigenvalue weighted by Gasteiger charge is -2.13. The highest BCUT2D eigenvalue weighted by molar-refractivity contribution is 5.79. The van der Waals surface area contributed by atoms with Crippen molar-refractivity contribution in [2.45, 2.75) is 19.3 Å². The Balaban J connectivity index is 1.82. The van der Waals surface area contributed by atoms with Gasteiger partial charge >= 0.3 is 6.18 Å². The molecule has 152 valence electrons. The molecule has 0 spiro atoms. The van der Waals surface area contributed by atoms with E-state index in [2.05, 4.69) is 20.4 Å². The molecule has 2 aromatic carbocycles. The van der Waals surface area contributed by atoms with Gasteiger partial charge in [-0.1, -0.05) is 18.2 Å². The van der Waals surface area contributed by atoms with Crippen LogP contribution in [0.15, 0.2) is 47.5 Å². The van der Waals surface area contributed by atoms with Crippen LogP contribution in [0.3, 0.4) is 0 Å². The summed E-state index contributed by atoms with van der Waals surface area (Å²) in [6.07, 6.45) is -4.37. The molecule has 0 aliphatic carbocycles. The Bertz CT molecular complexity index is 793. The third kappa shape index (κ3) is 6.98. The van der Waals surface area contributed by atoms with Crippen LogP contribution >= 0.6 is 0 Å². The van der Waals surface area contributed by atoms with Crippen molar-refractivity contribution < 1.29 is 27.0 Å². The van der Waals surface area contributed by atoms with Crippen LogP contribution in [0.4, 0.5) is 17.6 Å². The van der Waals surface area contributed by atoms with E-state index in [1.54, 1.807) is 31.3 Å². The smallest absolute Gasteiger partial charge is 0.422 e. The second-order valence-corrected chi connectivity index (χ2v) is 5.80. The van der Waals surface area contributed by atoms with Crippen molar-refractivity contribution in [3.63, 3.8) is 0 Å². The molecule has 0 amide bonds. The summed E-state index contributed by atoms with van der Waals surface area (Å²) in [6.45, 7) is -0.575. The first-order chi connectivity index (χ1) is 13.3. The van der Waals surface area contributed by atoms with Gasteiger partial charge in [-0.2, -0.15) is 13.2 Å². The predicted octanol–water partition coefficient (Wildman–Crippen LogP) is 3.64. The van der Waals surface area contributed by atoms with Crippen LogP contribution in [0.5, 0.6) is 11.5 Å². The number of hydrogen-bond donors (Lipinski definition) is 2. The highest BCUT2D eigenvalue weighted by Crippen LogP contribution is 2.19. The standard InChI is InChI=1S/C19H21F4N3O2/c1-24-18(26-11-14-5-8-17(27-2)16(20)9-14)25-10-13-3-6-15(7-4-13)28-12-19(21,22)23/h3-9H,10-12H2,1-2H3,(H2,24,25,26). The number of rotatable bonds is 7. The number of ether oxygens (including phenoxy) is 2. The van der Waals surface area contributed by atoms with Crippen molar-refractivity contribution in [3.05, 3.63) is 59.4 Å². The SMILES string of the molecule is CN=C(NCc1ccc(OCC(F)(F)F)cc1)NCc1ccc(OC)c(F)c1. The molecule has 28 heavy (non-hydrogen) atoms. The molecule has 0 aliphatic rings. The van der Waals surface area contributed by atoms with Crippen molar-refractivity contribution in [2.24, 2.45) is 4.99 Å². The predicted molar refractivity (Wildman–Crippen MR) is 98.0 cm³/mol. The first kappa shape index (κ1) is 21.3. The average Bonchev–Trinajstić information content (AvgIpc) is 2.67. The van der Waals surface area contributed by atoms with Crippen LogP contribution in [0.1, 0.15) is 11.1 Å². The zero-order valence-corrected chi connectivity index (χ0v) is 15.4. The molecule has 0 aromatic heterocycles. The molecule has 0 unspecified atom stereocenters. The molecule has 2 rings (SSSR count). The van der Waals surface area contributed by atoms with Gasteiger partial charge in [0.1, 0.15) is 5.75 Å². The summed E-state index contributed by atoms with van der Waals surface area (Å²) < 4.78 is 59.7. The summed E-state index contributed by atoms with van der Waals surface area (Å²) in [5.41, 5.74) is 1.55. The van der Waals surface area contributed by atoms with Gasteiger partial charge in [0.15, 0.2) is 24.1 Å². The van der Waals surface area contributed by atoms with Crippen molar-refractivity contribution in [3.8, 4) is 11.5 Å². The fourth-order valence-electron chi connectivity index (χ4n) is 2.28. The molecule has 9 heteroatoms. The number of alkyl halides is 3. The van der Waals surface area contributed by atoms with Crippen LogP contribution in [0, 0.1) is 5.82 Å². The van der Waals surface area contributed by atoms with Crippen molar-refractivity contribution in [1.82, 2.24) is 10.6 Å². The molecular weight excluding hydrogens is 378 g/mol. The van der Waals surface area contributed by atoms with Gasteiger partial charge in [-0.05, 0) is 35.4 Å². The van der Waals surface area contributed by atoms with Gasteiger partial charge < -0.3 is 20.1 Å². The molecule has 0 saturated carbocycles. The average molecular weight is 399 g/mol. The molecule has 0 fully saturated rings. The minimum Gasteiger partial charge on any atom is -0.494 e. The highest BCUT2D eigenvalue weighted by atomic mass is 19.4. The Morgan fingerprint density at radius 1 is 1.00 bits per heavy atom. The highest BCUT2D eigenvalue weighted by Gasteiger charge is 2.28. The second kappa shape index (κ2) is 9.82. The van der Waals surface area contributed by atoms with Gasteiger partial charge in [0.2, 0.25) is 0 Å². The van der Waals surface area contributed by atoms with Crippen molar-refractivity contribution >= 4 is 5.96 Å². The zero-order chi connectivity index (χ0) is 20.6. The van der Waals surface area contributed by atoms with E-state index in [0.717, 1.165) is 5.56 Å². The fraction of sp³-hybridized carbons (Fsp3) is 0.316. The Hall–Kier alpha value is -2.97. The Morgan fingerprint density at radius 2 is 1.61 bits per heavy atom. The van der Waals surface area contributed by atoms with Crippen LogP contribution in [0.25, 0.3) is 0 Å². The van der Waals surface area contributed by atoms with Gasteiger partial charge in [0, 0.05) is 20.1 Å². The summed E-state index contributed by atoms with van der Waals surface area (Å²) >= 11 is 0. The van der Waals surface area contributed by atoms with Crippen LogP contribution in [0.2, 0.25) is 0 Å². The third-order valence-electron chi connectivity index (χ3n) is 3.69. The Morgan fingerprint density at radius 3 is 2.14 bits per heavy atom. The Kier molecular flexibility index (Phi) is 7.48. The Labute approximate surface area is 160 Å². The monoisotopic (exact) mass is 399 g/mol. The van der Waals surface area contributed by atoms with Crippen LogP contribution < -0.4 is 20.1 Å². The van der Waals surface area contributed by atoms with Gasteiger partial charge in [0.25, 0.3) is 0 Å². The van der Waals surface area contributed by atoms with Gasteiger partial charge in [-0.15, -0.1) is 0 Å². The van der Waals surface area contributed by atoms with Gasteiger partial charge in [0.05, 0.1) is 7.11 Å². The maximum atomic E-state index is 13.7. The van der Waals surface area contributed by atoms with E-state index in [9.17, 15) is 17.6 Å². The topological polar surface area (TPSA) is 54.9 Å². The molecule has 2 aromatic rings. The lowest BCUT2D eigenvalue weighted by Crippen LogP contribution is -2.36. The maximum Gasteiger partial charge on any atom is 0.422 e. The van der Waals surface area contributed by atoms with E-state index in [1.165, 1.54) is 25.3 Å². The van der Waals surface area contributed by atoms with E-state index >= 15 is 0 Å². The molecule has 0 radical (unpaired) electrons. The quantitative estimate of drug-likeness (QED) is 0.424. The van der Waals surface area contributed by atoms with E-state index in [4.69, 9.17) is 4.74 Å². The summed E-state index contributed by atoms with van der Waals surface area (Å²) in [7, 11) is 3.00. The summed E-state index contributed by atoms with van der Waals surface area (Å²) in [5.74, 6) is 0.366. The summed E-state index contributed by atoms with van der Waals surface area (Å²) in [4.78, 5) is 4.07. The minimum absolute atomic E-state index is 0.144. The second-order valence-electron chi connectivity index (χ2n) is 5.80. The zero-order valence-electron chi connectivity index (χ0n) is 15.4. The first-order valence-corrected chi connectivity index (χ1v) is 8.36. The number of methoxy groups -OCH3 is 1. The van der Waals surface area contributed by atoms with Crippen LogP contribution in [-0.4, -0.2) is 32.9 Å². The third-order valence-corrected chi connectivity index (χ3v) is 3.69. The minimum atomic E-state index is -4.37. The number of halogens is 4. The number of nitrogens with one attached hydrogen (secondary N) is 2. The lowest BCUT2D eigenvalue weighted by atomic mass is 10.2. The lowest BCUT2D eigenvalue weighted by molar-refractivity contribution is -0.153. The molecule has 0 heterocycles. The van der Waals surface area contributed by atoms with E-state index in [1.807, 2.05) is 0 Å². The number of aliphatic imine (C=N–C) groups is 1. The molecule has 0 bridgehead atoms. The fourth-order valence-corrected chi connectivity index (χ4v) is 2.28. The van der Waals surface area contributed by atoms with Crippen molar-refractivity contribution in [2.75, 3.05) is 20.8 Å². The number of hydrogen-bond acceptors (Lipinski definition) is 3.